The molecule has 0 unspecified atom stereocenters. The zero-order valence-electron chi connectivity index (χ0n) is 7.92. The molecule has 0 saturated carbocycles. The average molecular weight is 199 g/mol. The van der Waals surface area contributed by atoms with Crippen molar-refractivity contribution in [1.82, 2.24) is 9.97 Å². The summed E-state index contributed by atoms with van der Waals surface area (Å²) >= 11 is 0. The monoisotopic (exact) mass is 199 g/mol. The van der Waals surface area contributed by atoms with Gasteiger partial charge >= 0.3 is 0 Å². The predicted molar refractivity (Wildman–Crippen MR) is 56.3 cm³/mol. The molecule has 0 bridgehead atoms. The third-order valence-electron chi connectivity index (χ3n) is 1.97. The Labute approximate surface area is 86.8 Å². The molecule has 74 valence electrons. The van der Waals surface area contributed by atoms with Gasteiger partial charge in [0, 0.05) is 29.7 Å². The van der Waals surface area contributed by atoms with Crippen molar-refractivity contribution in [3.63, 3.8) is 0 Å². The Morgan fingerprint density at radius 3 is 2.73 bits per heavy atom. The maximum atomic E-state index is 11.9. The van der Waals surface area contributed by atoms with Crippen molar-refractivity contribution in [2.24, 2.45) is 0 Å². The SMILES string of the molecule is Nc1cc(C(=O)c2cccnc2)ccn1. The van der Waals surface area contributed by atoms with Crippen LogP contribution in [0, 0.1) is 0 Å². The summed E-state index contributed by atoms with van der Waals surface area (Å²) in [6.07, 6.45) is 4.66. The van der Waals surface area contributed by atoms with Gasteiger partial charge in [0.1, 0.15) is 5.82 Å². The molecule has 0 saturated heterocycles. The Hall–Kier alpha value is -2.23. The van der Waals surface area contributed by atoms with Crippen molar-refractivity contribution < 1.29 is 4.79 Å². The number of hydrogen-bond acceptors (Lipinski definition) is 4. The van der Waals surface area contributed by atoms with E-state index in [9.17, 15) is 4.79 Å². The number of carbonyl (C=O) groups excluding carboxylic acids is 1. The first-order valence-corrected chi connectivity index (χ1v) is 4.43. The molecule has 4 heteroatoms. The number of hydrogen-bond donors (Lipinski definition) is 1. The van der Waals surface area contributed by atoms with Crippen molar-refractivity contribution in [3.05, 3.63) is 54.0 Å². The minimum absolute atomic E-state index is 0.0998. The van der Waals surface area contributed by atoms with Crippen LogP contribution in [0.5, 0.6) is 0 Å². The maximum absolute atomic E-state index is 11.9. The Balaban J connectivity index is 2.37. The number of aromatic nitrogens is 2. The Morgan fingerprint density at radius 2 is 2.07 bits per heavy atom. The highest BCUT2D eigenvalue weighted by molar-refractivity contribution is 6.09. The van der Waals surface area contributed by atoms with Crippen molar-refractivity contribution in [2.75, 3.05) is 5.73 Å². The van der Waals surface area contributed by atoms with Crippen LogP contribution in [0.3, 0.4) is 0 Å². The van der Waals surface area contributed by atoms with E-state index in [-0.39, 0.29) is 5.78 Å². The van der Waals surface area contributed by atoms with Gasteiger partial charge in [-0.3, -0.25) is 9.78 Å². The van der Waals surface area contributed by atoms with Crippen molar-refractivity contribution in [2.45, 2.75) is 0 Å². The lowest BCUT2D eigenvalue weighted by molar-refractivity contribution is 0.103. The first-order chi connectivity index (χ1) is 7.27. The molecule has 2 aromatic heterocycles. The van der Waals surface area contributed by atoms with Gasteiger partial charge in [-0.25, -0.2) is 4.98 Å². The first kappa shape index (κ1) is 9.33. The second-order valence-electron chi connectivity index (χ2n) is 3.04. The molecule has 0 amide bonds. The number of anilines is 1. The maximum Gasteiger partial charge on any atom is 0.194 e. The summed E-state index contributed by atoms with van der Waals surface area (Å²) in [6, 6.07) is 6.62. The van der Waals surface area contributed by atoms with E-state index in [2.05, 4.69) is 9.97 Å². The molecule has 15 heavy (non-hydrogen) atoms. The average Bonchev–Trinajstić information content (AvgIpc) is 2.29. The van der Waals surface area contributed by atoms with Crippen LogP contribution in [0.2, 0.25) is 0 Å². The van der Waals surface area contributed by atoms with Crippen LogP contribution in [0.25, 0.3) is 0 Å². The zero-order valence-corrected chi connectivity index (χ0v) is 7.92. The topological polar surface area (TPSA) is 68.9 Å². The second-order valence-corrected chi connectivity index (χ2v) is 3.04. The molecule has 4 nitrogen and oxygen atoms in total. The molecule has 0 spiro atoms. The van der Waals surface area contributed by atoms with Crippen LogP contribution >= 0.6 is 0 Å². The molecule has 0 aliphatic rings. The minimum atomic E-state index is -0.0998. The smallest absolute Gasteiger partial charge is 0.194 e. The highest BCUT2D eigenvalue weighted by Crippen LogP contribution is 2.09. The van der Waals surface area contributed by atoms with E-state index < -0.39 is 0 Å². The first-order valence-electron chi connectivity index (χ1n) is 4.43. The zero-order chi connectivity index (χ0) is 10.7. The highest BCUT2D eigenvalue weighted by atomic mass is 16.1. The van der Waals surface area contributed by atoms with E-state index in [0.29, 0.717) is 16.9 Å². The van der Waals surface area contributed by atoms with Crippen LogP contribution in [0.15, 0.2) is 42.9 Å². The number of ketones is 1. The fourth-order valence-electron chi connectivity index (χ4n) is 1.25. The molecule has 0 atom stereocenters. The van der Waals surface area contributed by atoms with E-state index in [1.54, 1.807) is 30.5 Å². The molecule has 2 N–H and O–H groups in total. The van der Waals surface area contributed by atoms with Gasteiger partial charge in [0.25, 0.3) is 0 Å². The Morgan fingerprint density at radius 1 is 1.20 bits per heavy atom. The van der Waals surface area contributed by atoms with Gasteiger partial charge in [0.05, 0.1) is 0 Å². The van der Waals surface area contributed by atoms with Crippen LogP contribution < -0.4 is 5.73 Å². The highest BCUT2D eigenvalue weighted by Gasteiger charge is 2.08. The summed E-state index contributed by atoms with van der Waals surface area (Å²) in [6.45, 7) is 0. The Kier molecular flexibility index (Phi) is 2.41. The normalized spacial score (nSPS) is 9.87. The third-order valence-corrected chi connectivity index (χ3v) is 1.97. The summed E-state index contributed by atoms with van der Waals surface area (Å²) in [4.78, 5) is 19.6. The van der Waals surface area contributed by atoms with E-state index >= 15 is 0 Å². The summed E-state index contributed by atoms with van der Waals surface area (Å²) in [7, 11) is 0. The predicted octanol–water partition coefficient (Wildman–Crippen LogP) is 1.29. The fraction of sp³-hybridized carbons (Fsp3) is 0. The number of nitrogens with two attached hydrogens (primary N) is 1. The van der Waals surface area contributed by atoms with Gasteiger partial charge in [-0.05, 0) is 24.3 Å². The minimum Gasteiger partial charge on any atom is -0.384 e. The second kappa shape index (κ2) is 3.88. The molecule has 0 aromatic carbocycles. The van der Waals surface area contributed by atoms with Gasteiger partial charge in [-0.2, -0.15) is 0 Å². The van der Waals surface area contributed by atoms with Crippen molar-refractivity contribution in [1.29, 1.82) is 0 Å². The summed E-state index contributed by atoms with van der Waals surface area (Å²) in [5, 5.41) is 0. The summed E-state index contributed by atoms with van der Waals surface area (Å²) < 4.78 is 0. The quantitative estimate of drug-likeness (QED) is 0.740. The number of carbonyl (C=O) groups is 1. The van der Waals surface area contributed by atoms with Crippen LogP contribution in [0.1, 0.15) is 15.9 Å². The van der Waals surface area contributed by atoms with Crippen LogP contribution in [-0.2, 0) is 0 Å². The van der Waals surface area contributed by atoms with Gasteiger partial charge in [-0.1, -0.05) is 0 Å². The van der Waals surface area contributed by atoms with Gasteiger partial charge in [0.15, 0.2) is 5.78 Å². The lowest BCUT2D eigenvalue weighted by Crippen LogP contribution is -2.03. The molecule has 2 heterocycles. The van der Waals surface area contributed by atoms with Gasteiger partial charge in [0.2, 0.25) is 0 Å². The number of nitrogens with zero attached hydrogens (tertiary/aromatic N) is 2. The molecular weight excluding hydrogens is 190 g/mol. The third kappa shape index (κ3) is 1.99. The van der Waals surface area contributed by atoms with E-state index in [4.69, 9.17) is 5.73 Å². The standard InChI is InChI=1S/C11H9N3O/c12-10-6-8(3-5-14-10)11(15)9-2-1-4-13-7-9/h1-7H,(H2,12,14). The van der Waals surface area contributed by atoms with Crippen LogP contribution in [-0.4, -0.2) is 15.8 Å². The van der Waals surface area contributed by atoms with Gasteiger partial charge < -0.3 is 5.73 Å². The van der Waals surface area contributed by atoms with Crippen LogP contribution in [0.4, 0.5) is 5.82 Å². The lowest BCUT2D eigenvalue weighted by atomic mass is 10.1. The van der Waals surface area contributed by atoms with Crippen molar-refractivity contribution in [3.8, 4) is 0 Å². The lowest BCUT2D eigenvalue weighted by Gasteiger charge is -2.00. The Bertz CT molecular complexity index is 482. The molecule has 0 radical (unpaired) electrons. The summed E-state index contributed by atoms with van der Waals surface area (Å²) in [5.74, 6) is 0.238. The van der Waals surface area contributed by atoms with E-state index in [1.165, 1.54) is 12.4 Å². The number of pyridine rings is 2. The summed E-state index contributed by atoms with van der Waals surface area (Å²) in [5.41, 5.74) is 6.56. The number of nitrogen functional groups attached to an aromatic ring is 1. The van der Waals surface area contributed by atoms with Gasteiger partial charge in [-0.15, -0.1) is 0 Å². The molecule has 2 rings (SSSR count). The number of rotatable bonds is 2. The molecular formula is C11H9N3O. The van der Waals surface area contributed by atoms with E-state index in [0.717, 1.165) is 0 Å². The molecule has 0 aliphatic carbocycles. The van der Waals surface area contributed by atoms with Crippen molar-refractivity contribution >= 4 is 11.6 Å². The molecule has 0 aliphatic heterocycles. The van der Waals surface area contributed by atoms with E-state index in [1.807, 2.05) is 0 Å². The fourth-order valence-corrected chi connectivity index (χ4v) is 1.25. The molecule has 2 aromatic rings. The largest absolute Gasteiger partial charge is 0.384 e. The molecule has 0 fully saturated rings.